The van der Waals surface area contributed by atoms with Crippen molar-refractivity contribution in [3.63, 3.8) is 0 Å². The number of hydrogen-bond acceptors (Lipinski definition) is 4. The molecule has 0 saturated heterocycles. The number of benzene rings is 1. The van der Waals surface area contributed by atoms with Crippen molar-refractivity contribution < 1.29 is 19.0 Å². The summed E-state index contributed by atoms with van der Waals surface area (Å²) in [4.78, 5) is 12.1. The lowest BCUT2D eigenvalue weighted by molar-refractivity contribution is 0.0934. The Balaban J connectivity index is 1.73. The van der Waals surface area contributed by atoms with Gasteiger partial charge in [0, 0.05) is 25.8 Å². The van der Waals surface area contributed by atoms with Gasteiger partial charge in [-0.1, -0.05) is 0 Å². The van der Waals surface area contributed by atoms with E-state index in [0.29, 0.717) is 30.2 Å². The molecule has 0 spiro atoms. The fourth-order valence-electron chi connectivity index (χ4n) is 1.99. The van der Waals surface area contributed by atoms with Crippen molar-refractivity contribution in [1.82, 2.24) is 5.32 Å². The van der Waals surface area contributed by atoms with Crippen molar-refractivity contribution >= 4 is 5.91 Å². The van der Waals surface area contributed by atoms with Gasteiger partial charge in [-0.25, -0.2) is 0 Å². The van der Waals surface area contributed by atoms with Gasteiger partial charge in [-0.15, -0.1) is 0 Å². The Morgan fingerprint density at radius 1 is 1.29 bits per heavy atom. The molecule has 5 heteroatoms. The molecule has 1 aliphatic carbocycles. The number of carbonyl (C=O) groups excluding carboxylic acids is 1. The summed E-state index contributed by atoms with van der Waals surface area (Å²) >= 11 is 0. The number of amides is 1. The number of carbonyl (C=O) groups is 1. The maximum Gasteiger partial charge on any atom is 0.255 e. The van der Waals surface area contributed by atoms with Crippen LogP contribution in [-0.2, 0) is 4.74 Å². The molecule has 1 aromatic carbocycles. The third-order valence-electron chi connectivity index (χ3n) is 3.45. The number of methoxy groups -OCH3 is 2. The average Bonchev–Trinajstić information content (AvgIpc) is 3.34. The number of ether oxygens (including phenoxy) is 3. The van der Waals surface area contributed by atoms with Gasteiger partial charge in [0.1, 0.15) is 11.5 Å². The average molecular weight is 293 g/mol. The summed E-state index contributed by atoms with van der Waals surface area (Å²) in [5.74, 6) is 1.81. The summed E-state index contributed by atoms with van der Waals surface area (Å²) in [5, 5.41) is 2.88. The highest BCUT2D eigenvalue weighted by atomic mass is 16.5. The maximum absolute atomic E-state index is 12.1. The van der Waals surface area contributed by atoms with E-state index in [1.807, 2.05) is 0 Å². The Morgan fingerprint density at radius 2 is 2.10 bits per heavy atom. The van der Waals surface area contributed by atoms with Crippen molar-refractivity contribution in [1.29, 1.82) is 0 Å². The first-order valence-electron chi connectivity index (χ1n) is 7.32. The van der Waals surface area contributed by atoms with Gasteiger partial charge in [0.15, 0.2) is 0 Å². The van der Waals surface area contributed by atoms with Crippen LogP contribution in [0.3, 0.4) is 0 Å². The zero-order valence-corrected chi connectivity index (χ0v) is 12.7. The van der Waals surface area contributed by atoms with Crippen LogP contribution in [0.5, 0.6) is 11.5 Å². The number of rotatable bonds is 9. The zero-order valence-electron chi connectivity index (χ0n) is 12.7. The molecule has 1 N–H and O–H groups in total. The van der Waals surface area contributed by atoms with E-state index in [0.717, 1.165) is 18.9 Å². The molecule has 1 aromatic rings. The highest BCUT2D eigenvalue weighted by molar-refractivity contribution is 5.97. The lowest BCUT2D eigenvalue weighted by Crippen LogP contribution is -2.25. The van der Waals surface area contributed by atoms with Gasteiger partial charge in [-0.3, -0.25) is 4.79 Å². The SMILES string of the molecule is COc1ccc(C(=O)NCCCOCC2CC2)c(OC)c1. The molecule has 21 heavy (non-hydrogen) atoms. The maximum atomic E-state index is 12.1. The lowest BCUT2D eigenvalue weighted by Gasteiger charge is -2.11. The molecule has 1 amide bonds. The number of hydrogen-bond donors (Lipinski definition) is 1. The van der Waals surface area contributed by atoms with Crippen LogP contribution in [0.2, 0.25) is 0 Å². The van der Waals surface area contributed by atoms with Gasteiger partial charge < -0.3 is 19.5 Å². The van der Waals surface area contributed by atoms with Crippen molar-refractivity contribution in [2.45, 2.75) is 19.3 Å². The van der Waals surface area contributed by atoms with Crippen LogP contribution in [0.15, 0.2) is 18.2 Å². The predicted octanol–water partition coefficient (Wildman–Crippen LogP) is 2.25. The molecule has 2 rings (SSSR count). The molecule has 0 unspecified atom stereocenters. The predicted molar refractivity (Wildman–Crippen MR) is 80.0 cm³/mol. The molecule has 0 atom stereocenters. The van der Waals surface area contributed by atoms with Crippen molar-refractivity contribution in [3.8, 4) is 11.5 Å². The second-order valence-electron chi connectivity index (χ2n) is 5.19. The van der Waals surface area contributed by atoms with Gasteiger partial charge in [0.05, 0.1) is 19.8 Å². The van der Waals surface area contributed by atoms with Crippen LogP contribution in [0.25, 0.3) is 0 Å². The standard InChI is InChI=1S/C16H23NO4/c1-19-13-6-7-14(15(10-13)20-2)16(18)17-8-3-9-21-11-12-4-5-12/h6-7,10,12H,3-5,8-9,11H2,1-2H3,(H,17,18). The molecule has 0 radical (unpaired) electrons. The van der Waals surface area contributed by atoms with Gasteiger partial charge in [0.2, 0.25) is 0 Å². The van der Waals surface area contributed by atoms with Crippen LogP contribution >= 0.6 is 0 Å². The highest BCUT2D eigenvalue weighted by Crippen LogP contribution is 2.28. The molecule has 0 bridgehead atoms. The number of nitrogens with one attached hydrogen (secondary N) is 1. The largest absolute Gasteiger partial charge is 0.497 e. The van der Waals surface area contributed by atoms with Crippen LogP contribution in [0, 0.1) is 5.92 Å². The summed E-state index contributed by atoms with van der Waals surface area (Å²) in [6.07, 6.45) is 3.42. The molecule has 1 fully saturated rings. The third-order valence-corrected chi connectivity index (χ3v) is 3.45. The third kappa shape index (κ3) is 4.93. The Bertz CT molecular complexity index is 471. The van der Waals surface area contributed by atoms with Crippen LogP contribution in [0.4, 0.5) is 0 Å². The molecule has 5 nitrogen and oxygen atoms in total. The Morgan fingerprint density at radius 3 is 2.76 bits per heavy atom. The van der Waals surface area contributed by atoms with E-state index in [-0.39, 0.29) is 5.91 Å². The van der Waals surface area contributed by atoms with Crippen molar-refractivity contribution in [3.05, 3.63) is 23.8 Å². The molecule has 116 valence electrons. The topological polar surface area (TPSA) is 56.8 Å². The molecule has 0 heterocycles. The van der Waals surface area contributed by atoms with E-state index in [1.165, 1.54) is 20.0 Å². The zero-order chi connectivity index (χ0) is 15.1. The summed E-state index contributed by atoms with van der Waals surface area (Å²) in [5.41, 5.74) is 0.511. The van der Waals surface area contributed by atoms with Crippen LogP contribution in [-0.4, -0.2) is 39.9 Å². The molecular weight excluding hydrogens is 270 g/mol. The minimum atomic E-state index is -0.142. The minimum Gasteiger partial charge on any atom is -0.497 e. The Labute approximate surface area is 125 Å². The van der Waals surface area contributed by atoms with Crippen molar-refractivity contribution in [2.75, 3.05) is 34.0 Å². The quantitative estimate of drug-likeness (QED) is 0.710. The summed E-state index contributed by atoms with van der Waals surface area (Å²) in [7, 11) is 3.12. The molecular formula is C16H23NO4. The van der Waals surface area contributed by atoms with Gasteiger partial charge in [-0.2, -0.15) is 0 Å². The van der Waals surface area contributed by atoms with E-state index in [4.69, 9.17) is 14.2 Å². The molecule has 0 aromatic heterocycles. The molecule has 0 aliphatic heterocycles. The fraction of sp³-hybridized carbons (Fsp3) is 0.562. The van der Waals surface area contributed by atoms with Gasteiger partial charge >= 0.3 is 0 Å². The first-order valence-corrected chi connectivity index (χ1v) is 7.32. The fourth-order valence-corrected chi connectivity index (χ4v) is 1.99. The van der Waals surface area contributed by atoms with E-state index in [9.17, 15) is 4.79 Å². The normalized spacial score (nSPS) is 13.8. The van der Waals surface area contributed by atoms with Crippen LogP contribution in [0.1, 0.15) is 29.6 Å². The first-order chi connectivity index (χ1) is 10.2. The Kier molecular flexibility index (Phi) is 5.87. The minimum absolute atomic E-state index is 0.142. The Hall–Kier alpha value is -1.75. The van der Waals surface area contributed by atoms with Crippen LogP contribution < -0.4 is 14.8 Å². The lowest BCUT2D eigenvalue weighted by atomic mass is 10.1. The summed E-state index contributed by atoms with van der Waals surface area (Å²) < 4.78 is 15.9. The second-order valence-corrected chi connectivity index (χ2v) is 5.19. The first kappa shape index (κ1) is 15.6. The van der Waals surface area contributed by atoms with E-state index in [2.05, 4.69) is 5.32 Å². The summed E-state index contributed by atoms with van der Waals surface area (Å²) in [6, 6.07) is 5.15. The molecule has 1 aliphatic rings. The van der Waals surface area contributed by atoms with E-state index >= 15 is 0 Å². The highest BCUT2D eigenvalue weighted by Gasteiger charge is 2.20. The smallest absolute Gasteiger partial charge is 0.255 e. The molecule has 1 saturated carbocycles. The van der Waals surface area contributed by atoms with Gasteiger partial charge in [0.25, 0.3) is 5.91 Å². The second kappa shape index (κ2) is 7.88. The van der Waals surface area contributed by atoms with E-state index in [1.54, 1.807) is 25.3 Å². The van der Waals surface area contributed by atoms with Gasteiger partial charge in [-0.05, 0) is 37.3 Å². The summed E-state index contributed by atoms with van der Waals surface area (Å²) in [6.45, 7) is 2.15. The van der Waals surface area contributed by atoms with E-state index < -0.39 is 0 Å². The van der Waals surface area contributed by atoms with Crippen molar-refractivity contribution in [2.24, 2.45) is 5.92 Å². The monoisotopic (exact) mass is 293 g/mol.